The second kappa shape index (κ2) is 6.76. The molecule has 0 spiro atoms. The van der Waals surface area contributed by atoms with Crippen LogP contribution in [-0.4, -0.2) is 50.0 Å². The Bertz CT molecular complexity index is 1150. The maximum Gasteiger partial charge on any atom is 0.319 e. The Morgan fingerprint density at radius 3 is 3.04 bits per heavy atom. The smallest absolute Gasteiger partial charge is 0.319 e. The SMILES string of the molecule is O=C(Nc1cccc2cccnc12)N[C@@H]1CCN(c2ccc3nncn3n2)C1. The third-order valence-corrected chi connectivity index (χ3v) is 4.88. The van der Waals surface area contributed by atoms with Crippen LogP contribution in [0.15, 0.2) is 55.0 Å². The summed E-state index contributed by atoms with van der Waals surface area (Å²) in [6.07, 6.45) is 4.15. The normalized spacial score (nSPS) is 16.6. The third kappa shape index (κ3) is 3.07. The van der Waals surface area contributed by atoms with Crippen LogP contribution in [0.25, 0.3) is 16.6 Å². The van der Waals surface area contributed by atoms with E-state index in [-0.39, 0.29) is 12.1 Å². The average molecular weight is 374 g/mol. The van der Waals surface area contributed by atoms with Crippen molar-refractivity contribution in [2.75, 3.05) is 23.3 Å². The highest BCUT2D eigenvalue weighted by Crippen LogP contribution is 2.21. The van der Waals surface area contributed by atoms with E-state index < -0.39 is 0 Å². The van der Waals surface area contributed by atoms with Gasteiger partial charge < -0.3 is 15.5 Å². The highest BCUT2D eigenvalue weighted by Gasteiger charge is 2.25. The van der Waals surface area contributed by atoms with Gasteiger partial charge in [0.05, 0.1) is 11.2 Å². The number of aromatic nitrogens is 5. The Hall–Kier alpha value is -3.75. The number of amides is 2. The number of fused-ring (bicyclic) bond motifs is 2. The van der Waals surface area contributed by atoms with E-state index >= 15 is 0 Å². The summed E-state index contributed by atoms with van der Waals surface area (Å²) < 4.78 is 1.65. The molecule has 5 rings (SSSR count). The molecule has 0 bridgehead atoms. The van der Waals surface area contributed by atoms with E-state index in [1.54, 1.807) is 17.0 Å². The van der Waals surface area contributed by atoms with Crippen molar-refractivity contribution in [2.24, 2.45) is 0 Å². The van der Waals surface area contributed by atoms with Gasteiger partial charge in [0.25, 0.3) is 0 Å². The number of nitrogens with zero attached hydrogens (tertiary/aromatic N) is 6. The molecule has 9 heteroatoms. The molecule has 0 aliphatic carbocycles. The predicted octanol–water partition coefficient (Wildman–Crippen LogP) is 2.07. The summed E-state index contributed by atoms with van der Waals surface area (Å²) in [7, 11) is 0. The lowest BCUT2D eigenvalue weighted by Crippen LogP contribution is -2.39. The van der Waals surface area contributed by atoms with Gasteiger partial charge >= 0.3 is 6.03 Å². The van der Waals surface area contributed by atoms with Crippen LogP contribution in [0.5, 0.6) is 0 Å². The zero-order chi connectivity index (χ0) is 18.9. The topological polar surface area (TPSA) is 100 Å². The average Bonchev–Trinajstić information content (AvgIpc) is 3.37. The maximum absolute atomic E-state index is 12.5. The predicted molar refractivity (Wildman–Crippen MR) is 105 cm³/mol. The molecule has 9 nitrogen and oxygen atoms in total. The molecular formula is C19H18N8O. The van der Waals surface area contributed by atoms with E-state index in [4.69, 9.17) is 0 Å². The lowest BCUT2D eigenvalue weighted by atomic mass is 10.2. The quantitative estimate of drug-likeness (QED) is 0.569. The molecule has 4 aromatic rings. The number of pyridine rings is 1. The number of anilines is 2. The highest BCUT2D eigenvalue weighted by molar-refractivity contribution is 5.99. The molecule has 140 valence electrons. The molecule has 2 N–H and O–H groups in total. The molecule has 1 aromatic carbocycles. The number of nitrogens with one attached hydrogen (secondary N) is 2. The molecular weight excluding hydrogens is 356 g/mol. The molecule has 28 heavy (non-hydrogen) atoms. The minimum atomic E-state index is -0.229. The molecule has 3 aromatic heterocycles. The Kier molecular flexibility index (Phi) is 3.97. The van der Waals surface area contributed by atoms with Gasteiger partial charge in [0, 0.05) is 30.7 Å². The summed E-state index contributed by atoms with van der Waals surface area (Å²) in [5.41, 5.74) is 2.19. The second-order valence-electron chi connectivity index (χ2n) is 6.74. The second-order valence-corrected chi connectivity index (χ2v) is 6.74. The first-order valence-corrected chi connectivity index (χ1v) is 9.09. The summed E-state index contributed by atoms with van der Waals surface area (Å²) in [4.78, 5) is 19.0. The summed E-state index contributed by atoms with van der Waals surface area (Å²) in [6, 6.07) is 13.2. The van der Waals surface area contributed by atoms with Crippen molar-refractivity contribution in [1.82, 2.24) is 30.1 Å². The van der Waals surface area contributed by atoms with Gasteiger partial charge in [-0.25, -0.2) is 4.79 Å². The minimum absolute atomic E-state index is 0.0429. The van der Waals surface area contributed by atoms with Crippen molar-refractivity contribution in [3.63, 3.8) is 0 Å². The number of rotatable bonds is 3. The number of carbonyl (C=O) groups is 1. The van der Waals surface area contributed by atoms with E-state index in [9.17, 15) is 4.79 Å². The van der Waals surface area contributed by atoms with Crippen LogP contribution < -0.4 is 15.5 Å². The van der Waals surface area contributed by atoms with Gasteiger partial charge in [0.2, 0.25) is 0 Å². The van der Waals surface area contributed by atoms with Crippen molar-refractivity contribution >= 4 is 34.1 Å². The molecule has 1 saturated heterocycles. The third-order valence-electron chi connectivity index (χ3n) is 4.88. The monoisotopic (exact) mass is 374 g/mol. The fourth-order valence-corrected chi connectivity index (χ4v) is 3.52. The van der Waals surface area contributed by atoms with Crippen LogP contribution in [0.2, 0.25) is 0 Å². The fourth-order valence-electron chi connectivity index (χ4n) is 3.52. The molecule has 2 amide bonds. The van der Waals surface area contributed by atoms with Gasteiger partial charge in [-0.1, -0.05) is 18.2 Å². The van der Waals surface area contributed by atoms with Crippen LogP contribution in [-0.2, 0) is 0 Å². The zero-order valence-electron chi connectivity index (χ0n) is 15.0. The number of hydrogen-bond donors (Lipinski definition) is 2. The lowest BCUT2D eigenvalue weighted by molar-refractivity contribution is 0.249. The summed E-state index contributed by atoms with van der Waals surface area (Å²) in [5.74, 6) is 0.843. The largest absolute Gasteiger partial charge is 0.353 e. The molecule has 1 aliphatic heterocycles. The number of hydrogen-bond acceptors (Lipinski definition) is 6. The first-order chi connectivity index (χ1) is 13.8. The van der Waals surface area contributed by atoms with Crippen molar-refractivity contribution in [3.05, 3.63) is 55.0 Å². The van der Waals surface area contributed by atoms with Gasteiger partial charge in [0.1, 0.15) is 12.1 Å². The maximum atomic E-state index is 12.5. The molecule has 0 unspecified atom stereocenters. The minimum Gasteiger partial charge on any atom is -0.353 e. The van der Waals surface area contributed by atoms with E-state index in [1.165, 1.54) is 0 Å². The molecule has 1 fully saturated rings. The van der Waals surface area contributed by atoms with E-state index in [0.29, 0.717) is 17.9 Å². The molecule has 0 saturated carbocycles. The zero-order valence-corrected chi connectivity index (χ0v) is 15.0. The first-order valence-electron chi connectivity index (χ1n) is 9.09. The Morgan fingerprint density at radius 2 is 2.07 bits per heavy atom. The van der Waals surface area contributed by atoms with Crippen molar-refractivity contribution in [3.8, 4) is 0 Å². The molecule has 1 atom stereocenters. The van der Waals surface area contributed by atoms with Crippen molar-refractivity contribution in [1.29, 1.82) is 0 Å². The number of benzene rings is 1. The van der Waals surface area contributed by atoms with Crippen LogP contribution in [0, 0.1) is 0 Å². The van der Waals surface area contributed by atoms with Crippen LogP contribution in [0.3, 0.4) is 0 Å². The van der Waals surface area contributed by atoms with E-state index in [0.717, 1.165) is 29.7 Å². The summed E-state index contributed by atoms with van der Waals surface area (Å²) in [6.45, 7) is 1.52. The van der Waals surface area contributed by atoms with Gasteiger partial charge in [0.15, 0.2) is 5.65 Å². The Balaban J connectivity index is 1.24. The van der Waals surface area contributed by atoms with Gasteiger partial charge in [-0.05, 0) is 30.7 Å². The highest BCUT2D eigenvalue weighted by atomic mass is 16.2. The number of urea groups is 1. The van der Waals surface area contributed by atoms with E-state index in [2.05, 4.69) is 35.8 Å². The van der Waals surface area contributed by atoms with Gasteiger partial charge in [-0.2, -0.15) is 4.52 Å². The van der Waals surface area contributed by atoms with Crippen molar-refractivity contribution < 1.29 is 4.79 Å². The molecule has 0 radical (unpaired) electrons. The van der Waals surface area contributed by atoms with Crippen molar-refractivity contribution in [2.45, 2.75) is 12.5 Å². The summed E-state index contributed by atoms with van der Waals surface area (Å²) >= 11 is 0. The standard InChI is InChI=1S/C19H18N8O/c28-19(23-15-5-1-3-13-4-2-9-20-18(13)15)22-14-8-10-26(11-14)17-7-6-16-24-21-12-27(16)25-17/h1-7,9,12,14H,8,10-11H2,(H2,22,23,28)/t14-/m1/s1. The summed E-state index contributed by atoms with van der Waals surface area (Å²) in [5, 5.41) is 19.3. The first kappa shape index (κ1) is 16.4. The fraction of sp³-hybridized carbons (Fsp3) is 0.211. The van der Waals surface area contributed by atoms with E-state index in [1.807, 2.05) is 42.5 Å². The van der Waals surface area contributed by atoms with Crippen LogP contribution >= 0.6 is 0 Å². The number of carbonyl (C=O) groups excluding carboxylic acids is 1. The van der Waals surface area contributed by atoms with Crippen LogP contribution in [0.1, 0.15) is 6.42 Å². The lowest BCUT2D eigenvalue weighted by Gasteiger charge is -2.18. The molecule has 1 aliphatic rings. The Morgan fingerprint density at radius 1 is 1.14 bits per heavy atom. The molecule has 4 heterocycles. The van der Waals surface area contributed by atoms with Gasteiger partial charge in [-0.15, -0.1) is 15.3 Å². The Labute approximate surface area is 160 Å². The van der Waals surface area contributed by atoms with Crippen LogP contribution in [0.4, 0.5) is 16.3 Å². The number of para-hydroxylation sites is 1. The van der Waals surface area contributed by atoms with Gasteiger partial charge in [-0.3, -0.25) is 4.98 Å².